The van der Waals surface area contributed by atoms with Crippen LogP contribution in [0.25, 0.3) is 10.4 Å². The van der Waals surface area contributed by atoms with Crippen LogP contribution in [-0.4, -0.2) is 145 Å². The number of benzene rings is 2. The van der Waals surface area contributed by atoms with Gasteiger partial charge in [-0.05, 0) is 217 Å². The molecule has 2 aliphatic rings. The standard InChI is InChI=1S/C31H47N5O8S2.C17H26BrN3O4S.C15H24N2O4S/c1-18(2)42-27(37)33-20-11-13-22(25(15-20)46(40,41)35-30(5,6)7)24-16-32-26(45-24)23-14-12-21(34-28(38)43-19(3)4)17-36(23)29(39)44-31(8,9)10;1-10(2)24-15(22)20-11-6-7-12(14-19-8-13(18)26-14)21(9-11)16(23)25-17(3,4)5;1-10(2)21-14(18)16-12-8-7-11(3)13(9-12)22(19,20)17-15(4,5)6/h11,13,15-16,18-19,21,23,35H,12,14,17H2,1-10H3,(H,33,37)(H,34,38);8,10-12H,6-7,9H2,1-5H3,(H,20,22);7-10,17H,1-6H3,(H,16,18)/t21-,23?;11-,12+;/m11./s1. The molecule has 1 unspecified atom stereocenters. The summed E-state index contributed by atoms with van der Waals surface area (Å²) in [5.74, 6) is 0. The molecule has 2 fully saturated rings. The van der Waals surface area contributed by atoms with E-state index in [1.165, 1.54) is 34.8 Å². The van der Waals surface area contributed by atoms with Gasteiger partial charge in [-0.15, -0.1) is 22.7 Å². The van der Waals surface area contributed by atoms with E-state index in [2.05, 4.69) is 56.6 Å². The lowest BCUT2D eigenvalue weighted by Gasteiger charge is -2.39. The maximum absolute atomic E-state index is 13.6. The number of ether oxygens (including phenoxy) is 6. The molecule has 0 saturated carbocycles. The first kappa shape index (κ1) is 80.1. The van der Waals surface area contributed by atoms with Crippen molar-refractivity contribution in [2.45, 2.75) is 252 Å². The van der Waals surface area contributed by atoms with E-state index in [-0.39, 0.29) is 64.6 Å². The van der Waals surface area contributed by atoms with Crippen LogP contribution >= 0.6 is 38.6 Å². The zero-order chi connectivity index (χ0) is 71.2. The van der Waals surface area contributed by atoms with Crippen LogP contribution < -0.4 is 30.7 Å². The summed E-state index contributed by atoms with van der Waals surface area (Å²) in [7, 11) is -7.74. The smallest absolute Gasteiger partial charge is 0.411 e. The maximum Gasteiger partial charge on any atom is 0.411 e. The molecule has 4 heterocycles. The molecule has 26 nitrogen and oxygen atoms in total. The van der Waals surface area contributed by atoms with E-state index in [9.17, 15) is 45.6 Å². The number of aryl methyl sites for hydroxylation is 1. The summed E-state index contributed by atoms with van der Waals surface area (Å²) in [6.07, 6.45) is 1.32. The van der Waals surface area contributed by atoms with Gasteiger partial charge in [0.1, 0.15) is 21.2 Å². The minimum absolute atomic E-state index is 0.0551. The molecular formula is C63H97BrN10O16S4. The molecule has 0 spiro atoms. The summed E-state index contributed by atoms with van der Waals surface area (Å²) in [6, 6.07) is 8.07. The fraction of sp³-hybridized carbons (Fsp3) is 0.619. The molecule has 0 bridgehead atoms. The molecule has 2 aliphatic heterocycles. The van der Waals surface area contributed by atoms with E-state index in [0.717, 1.165) is 15.2 Å². The number of rotatable bonds is 15. The third kappa shape index (κ3) is 27.4. The van der Waals surface area contributed by atoms with Gasteiger partial charge in [-0.2, -0.15) is 0 Å². The first-order valence-corrected chi connectivity index (χ1v) is 36.3. The van der Waals surface area contributed by atoms with Gasteiger partial charge in [0.05, 0.1) is 73.2 Å². The van der Waals surface area contributed by atoms with Gasteiger partial charge >= 0.3 is 36.6 Å². The number of likely N-dealkylation sites (tertiary alicyclic amines) is 2. The number of sulfonamides is 2. The van der Waals surface area contributed by atoms with Gasteiger partial charge in [-0.25, -0.2) is 65.0 Å². The molecule has 4 aromatic rings. The van der Waals surface area contributed by atoms with E-state index in [4.69, 9.17) is 28.4 Å². The van der Waals surface area contributed by atoms with Crippen LogP contribution in [-0.2, 0) is 48.5 Å². The van der Waals surface area contributed by atoms with Gasteiger partial charge in [-0.1, -0.05) is 12.1 Å². The van der Waals surface area contributed by atoms with Crippen molar-refractivity contribution < 1.29 is 74.0 Å². The summed E-state index contributed by atoms with van der Waals surface area (Å²) in [5.41, 5.74) is -1.15. The SMILES string of the molecule is CC(C)OC(=O)N[C@@H]1CC[C@@H](c2ncc(Br)s2)N(C(=O)OC(C)(C)C)C1.CC(C)OC(=O)Nc1ccc(-c2cnc(C3CC[C@@H](NC(=O)OC(C)C)CN3C(=O)OC(C)(C)C)s2)c(S(=O)(=O)NC(C)(C)C)c1.Cc1ccc(NC(=O)OC(C)C)cc1S(=O)(=O)NC(C)(C)C. The largest absolute Gasteiger partial charge is 0.447 e. The van der Waals surface area contributed by atoms with Crippen molar-refractivity contribution in [1.82, 2.24) is 39.8 Å². The normalized spacial score (nSPS) is 17.2. The Morgan fingerprint density at radius 3 is 1.29 bits per heavy atom. The number of hydrogen-bond donors (Lipinski definition) is 6. The fourth-order valence-corrected chi connectivity index (χ4v) is 15.1. The molecule has 526 valence electrons. The van der Waals surface area contributed by atoms with Gasteiger partial charge < -0.3 is 39.1 Å². The predicted octanol–water partition coefficient (Wildman–Crippen LogP) is 13.9. The lowest BCUT2D eigenvalue weighted by Crippen LogP contribution is -2.52. The second-order valence-corrected chi connectivity index (χ2v) is 34.5. The van der Waals surface area contributed by atoms with Crippen molar-refractivity contribution in [3.63, 3.8) is 0 Å². The second-order valence-electron chi connectivity index (χ2n) is 27.7. The minimum Gasteiger partial charge on any atom is -0.447 e. The lowest BCUT2D eigenvalue weighted by molar-refractivity contribution is 0.00426. The molecule has 6 amide bonds. The van der Waals surface area contributed by atoms with Gasteiger partial charge in [0, 0.05) is 47.3 Å². The number of amides is 6. The highest BCUT2D eigenvalue weighted by Gasteiger charge is 2.40. The molecule has 0 radical (unpaired) electrons. The zero-order valence-corrected chi connectivity index (χ0v) is 62.7. The molecule has 31 heteroatoms. The zero-order valence-electron chi connectivity index (χ0n) is 57.8. The average Bonchev–Trinajstić information content (AvgIpc) is 1.41. The molecule has 6 rings (SSSR count). The number of hydrogen-bond acceptors (Lipinski definition) is 20. The lowest BCUT2D eigenvalue weighted by atomic mass is 9.99. The van der Waals surface area contributed by atoms with Crippen LogP contribution in [0.2, 0.25) is 0 Å². The van der Waals surface area contributed by atoms with Gasteiger partial charge in [0.15, 0.2) is 0 Å². The van der Waals surface area contributed by atoms with E-state index >= 15 is 0 Å². The average molecular weight is 1460 g/mol. The first-order valence-electron chi connectivity index (χ1n) is 30.9. The Bertz CT molecular complexity index is 3480. The summed E-state index contributed by atoms with van der Waals surface area (Å²) < 4.78 is 90.1. The molecular weight excluding hydrogens is 1360 g/mol. The fourth-order valence-electron chi connectivity index (χ4n) is 9.18. The Balaban J connectivity index is 0.000000330. The van der Waals surface area contributed by atoms with Crippen LogP contribution in [0.4, 0.5) is 40.1 Å². The Kier molecular flexibility index (Phi) is 28.6. The number of carbonyl (C=O) groups excluding carboxylic acids is 6. The Hall–Kier alpha value is -6.38. The highest BCUT2D eigenvalue weighted by Crippen LogP contribution is 2.41. The summed E-state index contributed by atoms with van der Waals surface area (Å²) in [4.78, 5) is 87.1. The van der Waals surface area contributed by atoms with Crippen LogP contribution in [0.1, 0.15) is 192 Å². The Morgan fingerprint density at radius 2 is 0.904 bits per heavy atom. The minimum atomic E-state index is -4.07. The molecule has 0 aliphatic carbocycles. The summed E-state index contributed by atoms with van der Waals surface area (Å²) in [6.45, 7) is 37.5. The Morgan fingerprint density at radius 1 is 0.532 bits per heavy atom. The third-order valence-electron chi connectivity index (χ3n) is 12.4. The number of nitrogens with one attached hydrogen (secondary N) is 6. The third-order valence-corrected chi connectivity index (χ3v) is 18.8. The van der Waals surface area contributed by atoms with Gasteiger partial charge in [0.2, 0.25) is 20.0 Å². The first-order chi connectivity index (χ1) is 43.1. The summed E-state index contributed by atoms with van der Waals surface area (Å²) in [5, 5.41) is 12.2. The second kappa shape index (κ2) is 33.5. The van der Waals surface area contributed by atoms with Gasteiger partial charge in [0.25, 0.3) is 0 Å². The van der Waals surface area contributed by atoms with Crippen LogP contribution in [0, 0.1) is 6.92 Å². The van der Waals surface area contributed by atoms with Gasteiger partial charge in [-0.3, -0.25) is 20.4 Å². The van der Waals surface area contributed by atoms with Crippen LogP contribution in [0.3, 0.4) is 0 Å². The van der Waals surface area contributed by atoms with Crippen molar-refractivity contribution in [3.8, 4) is 10.4 Å². The summed E-state index contributed by atoms with van der Waals surface area (Å²) >= 11 is 6.18. The molecule has 6 N–H and O–H groups in total. The van der Waals surface area contributed by atoms with Crippen molar-refractivity contribution in [3.05, 3.63) is 68.2 Å². The number of piperidine rings is 2. The number of thiazole rings is 2. The topological polar surface area (TPSA) is 331 Å². The molecule has 94 heavy (non-hydrogen) atoms. The number of halogens is 1. The number of carbonyl (C=O) groups is 6. The highest BCUT2D eigenvalue weighted by molar-refractivity contribution is 9.11. The van der Waals surface area contributed by atoms with E-state index in [1.54, 1.807) is 171 Å². The molecule has 2 aromatic carbocycles. The number of aromatic nitrogens is 2. The van der Waals surface area contributed by atoms with Crippen molar-refractivity contribution in [2.75, 3.05) is 23.7 Å². The maximum atomic E-state index is 13.6. The number of anilines is 2. The number of alkyl carbamates (subject to hydrolysis) is 2. The van der Waals surface area contributed by atoms with Crippen molar-refractivity contribution in [2.24, 2.45) is 0 Å². The van der Waals surface area contributed by atoms with E-state index < -0.39 is 84.9 Å². The predicted molar refractivity (Wildman–Crippen MR) is 366 cm³/mol. The highest BCUT2D eigenvalue weighted by atomic mass is 79.9. The monoisotopic (exact) mass is 1460 g/mol. The number of nitrogens with zero attached hydrogens (tertiary/aromatic N) is 4. The van der Waals surface area contributed by atoms with E-state index in [0.29, 0.717) is 52.5 Å². The molecule has 4 atom stereocenters. The van der Waals surface area contributed by atoms with Crippen LogP contribution in [0.15, 0.2) is 62.4 Å². The molecule has 2 aromatic heterocycles. The Labute approximate surface area is 571 Å². The quantitative estimate of drug-likeness (QED) is 0.0602. The van der Waals surface area contributed by atoms with Crippen molar-refractivity contribution >= 4 is 107 Å². The van der Waals surface area contributed by atoms with Crippen molar-refractivity contribution in [1.29, 1.82) is 0 Å². The molecule has 2 saturated heterocycles. The van der Waals surface area contributed by atoms with Crippen LogP contribution in [0.5, 0.6) is 0 Å². The van der Waals surface area contributed by atoms with E-state index in [1.807, 2.05) is 20.8 Å².